The minimum Gasteiger partial charge on any atom is -0.378 e. The molecule has 154 valence electrons. The number of hydrogen-bond acceptors (Lipinski definition) is 3. The molecule has 0 radical (unpaired) electrons. The molecule has 0 bridgehead atoms. The maximum atomic E-state index is 13.1. The second-order valence-electron chi connectivity index (χ2n) is 7.62. The molecule has 1 atom stereocenters. The third kappa shape index (κ3) is 5.91. The van der Waals surface area contributed by atoms with Gasteiger partial charge in [0.1, 0.15) is 6.04 Å². The smallest absolute Gasteiger partial charge is 0.249 e. The Hall–Kier alpha value is -2.66. The summed E-state index contributed by atoms with van der Waals surface area (Å²) in [6, 6.07) is 15.2. The van der Waals surface area contributed by atoms with Crippen LogP contribution in [0.4, 0.5) is 0 Å². The highest BCUT2D eigenvalue weighted by Gasteiger charge is 2.28. The maximum Gasteiger partial charge on any atom is 0.249 e. The zero-order valence-electron chi connectivity index (χ0n) is 17.3. The van der Waals surface area contributed by atoms with Crippen molar-refractivity contribution in [2.75, 3.05) is 26.3 Å². The van der Waals surface area contributed by atoms with Crippen molar-refractivity contribution in [2.45, 2.75) is 39.2 Å². The van der Waals surface area contributed by atoms with E-state index in [-0.39, 0.29) is 11.8 Å². The monoisotopic (exact) mass is 394 g/mol. The zero-order valence-corrected chi connectivity index (χ0v) is 17.3. The van der Waals surface area contributed by atoms with Crippen LogP contribution in [0.2, 0.25) is 0 Å². The Labute approximate surface area is 173 Å². The van der Waals surface area contributed by atoms with Crippen molar-refractivity contribution in [2.24, 2.45) is 0 Å². The molecule has 2 aromatic carbocycles. The number of nitrogens with zero attached hydrogens (tertiary/aromatic N) is 1. The van der Waals surface area contributed by atoms with Crippen LogP contribution in [0.25, 0.3) is 0 Å². The predicted octanol–water partition coefficient (Wildman–Crippen LogP) is 3.34. The molecule has 2 aromatic rings. The molecular formula is C24H30N2O3. The molecule has 0 aliphatic carbocycles. The number of benzene rings is 2. The van der Waals surface area contributed by atoms with E-state index in [2.05, 4.69) is 37.4 Å². The van der Waals surface area contributed by atoms with Gasteiger partial charge in [-0.2, -0.15) is 0 Å². The molecule has 0 aromatic heterocycles. The summed E-state index contributed by atoms with van der Waals surface area (Å²) in [5.41, 5.74) is 4.60. The molecule has 1 heterocycles. The minimum absolute atomic E-state index is 0.0676. The van der Waals surface area contributed by atoms with E-state index in [0.29, 0.717) is 32.7 Å². The molecule has 1 unspecified atom stereocenters. The molecule has 2 amide bonds. The summed E-state index contributed by atoms with van der Waals surface area (Å²) in [5.74, 6) is -0.161. The number of aryl methyl sites for hydroxylation is 3. The van der Waals surface area contributed by atoms with E-state index in [0.717, 1.165) is 18.4 Å². The van der Waals surface area contributed by atoms with E-state index < -0.39 is 6.04 Å². The Morgan fingerprint density at radius 2 is 1.76 bits per heavy atom. The van der Waals surface area contributed by atoms with E-state index in [4.69, 9.17) is 4.74 Å². The van der Waals surface area contributed by atoms with Gasteiger partial charge in [-0.15, -0.1) is 0 Å². The highest BCUT2D eigenvalue weighted by atomic mass is 16.5. The van der Waals surface area contributed by atoms with Crippen molar-refractivity contribution in [3.8, 4) is 0 Å². The first-order chi connectivity index (χ1) is 14.0. The van der Waals surface area contributed by atoms with Gasteiger partial charge in [-0.3, -0.25) is 9.59 Å². The zero-order chi connectivity index (χ0) is 20.6. The number of ether oxygens (including phenoxy) is 1. The standard InChI is InChI=1S/C24H30N2O3/c1-18-11-12-20(17-19(18)2)7-6-10-22(27)25-23(21-8-4-3-5-9-21)24(28)26-13-15-29-16-14-26/h3-5,8-9,11-12,17,23H,6-7,10,13-16H2,1-2H3,(H,25,27). The van der Waals surface area contributed by atoms with Crippen molar-refractivity contribution in [3.63, 3.8) is 0 Å². The van der Waals surface area contributed by atoms with E-state index >= 15 is 0 Å². The Kier molecular flexibility index (Phi) is 7.42. The molecule has 0 spiro atoms. The first kappa shape index (κ1) is 21.1. The summed E-state index contributed by atoms with van der Waals surface area (Å²) in [4.78, 5) is 27.4. The van der Waals surface area contributed by atoms with Crippen LogP contribution in [0, 0.1) is 13.8 Å². The lowest BCUT2D eigenvalue weighted by atomic mass is 10.0. The molecule has 1 aliphatic rings. The average Bonchev–Trinajstić information content (AvgIpc) is 2.75. The van der Waals surface area contributed by atoms with Crippen molar-refractivity contribution >= 4 is 11.8 Å². The summed E-state index contributed by atoms with van der Waals surface area (Å²) in [6.07, 6.45) is 2.00. The molecule has 1 N–H and O–H groups in total. The summed E-state index contributed by atoms with van der Waals surface area (Å²) >= 11 is 0. The van der Waals surface area contributed by atoms with Gasteiger partial charge < -0.3 is 15.0 Å². The Morgan fingerprint density at radius 3 is 2.45 bits per heavy atom. The van der Waals surface area contributed by atoms with Gasteiger partial charge in [-0.25, -0.2) is 0 Å². The number of nitrogens with one attached hydrogen (secondary N) is 1. The summed E-state index contributed by atoms with van der Waals surface area (Å²) < 4.78 is 5.35. The molecule has 5 nitrogen and oxygen atoms in total. The molecule has 29 heavy (non-hydrogen) atoms. The van der Waals surface area contributed by atoms with Gasteiger partial charge in [0.2, 0.25) is 11.8 Å². The van der Waals surface area contributed by atoms with E-state index in [1.54, 1.807) is 4.90 Å². The van der Waals surface area contributed by atoms with Crippen LogP contribution < -0.4 is 5.32 Å². The van der Waals surface area contributed by atoms with Gasteiger partial charge >= 0.3 is 0 Å². The minimum atomic E-state index is -0.650. The van der Waals surface area contributed by atoms with Crippen LogP contribution in [-0.2, 0) is 20.7 Å². The van der Waals surface area contributed by atoms with Gasteiger partial charge in [-0.1, -0.05) is 48.5 Å². The third-order valence-electron chi connectivity index (χ3n) is 5.45. The number of amides is 2. The second kappa shape index (κ2) is 10.2. The van der Waals surface area contributed by atoms with E-state index in [1.165, 1.54) is 16.7 Å². The first-order valence-electron chi connectivity index (χ1n) is 10.3. The van der Waals surface area contributed by atoms with Crippen LogP contribution in [-0.4, -0.2) is 43.0 Å². The van der Waals surface area contributed by atoms with Crippen LogP contribution in [0.1, 0.15) is 41.1 Å². The van der Waals surface area contributed by atoms with Crippen molar-refractivity contribution in [3.05, 3.63) is 70.8 Å². The number of carbonyl (C=O) groups is 2. The lowest BCUT2D eigenvalue weighted by Crippen LogP contribution is -2.47. The average molecular weight is 395 g/mol. The van der Waals surface area contributed by atoms with Crippen molar-refractivity contribution < 1.29 is 14.3 Å². The highest BCUT2D eigenvalue weighted by molar-refractivity contribution is 5.88. The fourth-order valence-electron chi connectivity index (χ4n) is 3.54. The van der Waals surface area contributed by atoms with Crippen LogP contribution in [0.5, 0.6) is 0 Å². The Bertz CT molecular complexity index is 829. The van der Waals surface area contributed by atoms with Gasteiger partial charge in [0.25, 0.3) is 0 Å². The SMILES string of the molecule is Cc1ccc(CCCC(=O)NC(C(=O)N2CCOCC2)c2ccccc2)cc1C. The van der Waals surface area contributed by atoms with Gasteiger partial charge in [0.05, 0.1) is 13.2 Å². The maximum absolute atomic E-state index is 13.1. The van der Waals surface area contributed by atoms with Crippen LogP contribution in [0.15, 0.2) is 48.5 Å². The van der Waals surface area contributed by atoms with Crippen LogP contribution in [0.3, 0.4) is 0 Å². The topological polar surface area (TPSA) is 58.6 Å². The van der Waals surface area contributed by atoms with Gasteiger partial charge in [0.15, 0.2) is 0 Å². The van der Waals surface area contributed by atoms with Crippen molar-refractivity contribution in [1.29, 1.82) is 0 Å². The molecule has 1 saturated heterocycles. The summed E-state index contributed by atoms with van der Waals surface area (Å²) in [7, 11) is 0. The Balaban J connectivity index is 1.60. The van der Waals surface area contributed by atoms with Gasteiger partial charge in [-0.05, 0) is 48.9 Å². The molecular weight excluding hydrogens is 364 g/mol. The largest absolute Gasteiger partial charge is 0.378 e. The van der Waals surface area contributed by atoms with Crippen molar-refractivity contribution in [1.82, 2.24) is 10.2 Å². The first-order valence-corrected chi connectivity index (χ1v) is 10.3. The van der Waals surface area contributed by atoms with E-state index in [9.17, 15) is 9.59 Å². The summed E-state index contributed by atoms with van der Waals surface area (Å²) in [6.45, 7) is 6.40. The fourth-order valence-corrected chi connectivity index (χ4v) is 3.54. The Morgan fingerprint density at radius 1 is 1.03 bits per heavy atom. The fraction of sp³-hybridized carbons (Fsp3) is 0.417. The lowest BCUT2D eigenvalue weighted by Gasteiger charge is -2.31. The van der Waals surface area contributed by atoms with Gasteiger partial charge in [0, 0.05) is 19.5 Å². The summed E-state index contributed by atoms with van der Waals surface area (Å²) in [5, 5.41) is 2.97. The molecule has 3 rings (SSSR count). The van der Waals surface area contributed by atoms with E-state index in [1.807, 2.05) is 30.3 Å². The second-order valence-corrected chi connectivity index (χ2v) is 7.62. The number of morpholine rings is 1. The molecule has 5 heteroatoms. The third-order valence-corrected chi connectivity index (χ3v) is 5.45. The molecule has 1 aliphatic heterocycles. The number of carbonyl (C=O) groups excluding carboxylic acids is 2. The molecule has 0 saturated carbocycles. The number of hydrogen-bond donors (Lipinski definition) is 1. The predicted molar refractivity (Wildman–Crippen MR) is 114 cm³/mol. The number of rotatable bonds is 7. The van der Waals surface area contributed by atoms with Crippen LogP contribution >= 0.6 is 0 Å². The normalized spacial score (nSPS) is 15.0. The highest BCUT2D eigenvalue weighted by Crippen LogP contribution is 2.18. The quantitative estimate of drug-likeness (QED) is 0.784. The molecule has 1 fully saturated rings. The lowest BCUT2D eigenvalue weighted by molar-refractivity contribution is -0.140.